The molecular formula is C15H14Cl2O2. The molecule has 2 aliphatic carbocycles. The summed E-state index contributed by atoms with van der Waals surface area (Å²) in [5.41, 5.74) is 1.04. The van der Waals surface area contributed by atoms with E-state index in [-0.39, 0.29) is 18.3 Å². The largest absolute Gasteiger partial charge is 0.481 e. The van der Waals surface area contributed by atoms with Gasteiger partial charge >= 0.3 is 5.97 Å². The maximum Gasteiger partial charge on any atom is 0.303 e. The minimum absolute atomic E-state index is 0.145. The summed E-state index contributed by atoms with van der Waals surface area (Å²) in [5.74, 6) is 0.397. The number of carboxylic acids is 1. The van der Waals surface area contributed by atoms with Crippen molar-refractivity contribution >= 4 is 29.2 Å². The van der Waals surface area contributed by atoms with Crippen LogP contribution in [-0.4, -0.2) is 11.1 Å². The lowest BCUT2D eigenvalue weighted by Crippen LogP contribution is -2.21. The summed E-state index contributed by atoms with van der Waals surface area (Å²) in [6.45, 7) is 0. The van der Waals surface area contributed by atoms with E-state index in [0.717, 1.165) is 12.0 Å². The van der Waals surface area contributed by atoms with Crippen LogP contribution in [0.2, 0.25) is 10.0 Å². The fourth-order valence-electron chi connectivity index (χ4n) is 3.64. The lowest BCUT2D eigenvalue weighted by atomic mass is 9.77. The Bertz CT molecular complexity index is 553. The number of carbonyl (C=O) groups is 1. The molecule has 1 aromatic carbocycles. The number of rotatable bonds is 3. The molecule has 0 amide bonds. The average Bonchev–Trinajstić information content (AvgIpc) is 2.90. The molecule has 0 aromatic heterocycles. The Balaban J connectivity index is 1.97. The highest BCUT2D eigenvalue weighted by molar-refractivity contribution is 6.35. The van der Waals surface area contributed by atoms with Crippen LogP contribution in [0.1, 0.15) is 24.3 Å². The molecule has 0 spiro atoms. The number of hydrogen-bond donors (Lipinski definition) is 1. The molecule has 1 aromatic rings. The Labute approximate surface area is 122 Å². The third-order valence-electron chi connectivity index (χ3n) is 4.35. The van der Waals surface area contributed by atoms with E-state index < -0.39 is 5.97 Å². The maximum atomic E-state index is 11.1. The molecule has 4 unspecified atom stereocenters. The number of allylic oxidation sites excluding steroid dienone is 2. The van der Waals surface area contributed by atoms with Gasteiger partial charge in [0.2, 0.25) is 0 Å². The van der Waals surface area contributed by atoms with Crippen molar-refractivity contribution in [3.63, 3.8) is 0 Å². The van der Waals surface area contributed by atoms with Crippen molar-refractivity contribution in [3.8, 4) is 0 Å². The van der Waals surface area contributed by atoms with Gasteiger partial charge in [0.05, 0.1) is 0 Å². The second-order valence-corrected chi connectivity index (χ2v) is 6.25. The van der Waals surface area contributed by atoms with Gasteiger partial charge in [0, 0.05) is 16.5 Å². The molecular weight excluding hydrogens is 283 g/mol. The summed E-state index contributed by atoms with van der Waals surface area (Å²) in [5, 5.41) is 10.4. The Kier molecular flexibility index (Phi) is 3.32. The lowest BCUT2D eigenvalue weighted by molar-refractivity contribution is -0.138. The van der Waals surface area contributed by atoms with Crippen LogP contribution in [0.4, 0.5) is 0 Å². The van der Waals surface area contributed by atoms with Gasteiger partial charge in [-0.1, -0.05) is 41.4 Å². The third-order valence-corrected chi connectivity index (χ3v) is 4.92. The number of halogens is 2. The molecule has 0 saturated heterocycles. The quantitative estimate of drug-likeness (QED) is 0.841. The summed E-state index contributed by atoms with van der Waals surface area (Å²) in [7, 11) is 0. The zero-order chi connectivity index (χ0) is 13.6. The van der Waals surface area contributed by atoms with Crippen LogP contribution in [0, 0.1) is 17.8 Å². The SMILES string of the molecule is O=C(O)CC1C2C=CC(C2)C1c1ccc(Cl)cc1Cl. The van der Waals surface area contributed by atoms with Crippen molar-refractivity contribution in [2.24, 2.45) is 17.8 Å². The summed E-state index contributed by atoms with van der Waals surface area (Å²) in [6, 6.07) is 5.51. The molecule has 1 fully saturated rings. The van der Waals surface area contributed by atoms with E-state index in [0.29, 0.717) is 21.9 Å². The van der Waals surface area contributed by atoms with Gasteiger partial charge in [-0.2, -0.15) is 0 Å². The highest BCUT2D eigenvalue weighted by atomic mass is 35.5. The molecule has 3 rings (SSSR count). The molecule has 4 atom stereocenters. The minimum Gasteiger partial charge on any atom is -0.481 e. The predicted molar refractivity (Wildman–Crippen MR) is 75.7 cm³/mol. The van der Waals surface area contributed by atoms with Gasteiger partial charge in [-0.25, -0.2) is 0 Å². The standard InChI is InChI=1S/C15H14Cl2O2/c16-10-3-4-11(13(17)6-10)15-9-2-1-8(5-9)12(15)7-14(18)19/h1-4,6,8-9,12,15H,5,7H2,(H,18,19). The fourth-order valence-corrected chi connectivity index (χ4v) is 4.17. The zero-order valence-electron chi connectivity index (χ0n) is 10.2. The van der Waals surface area contributed by atoms with Gasteiger partial charge in [0.1, 0.15) is 0 Å². The van der Waals surface area contributed by atoms with Gasteiger partial charge in [-0.15, -0.1) is 0 Å². The number of fused-ring (bicyclic) bond motifs is 2. The van der Waals surface area contributed by atoms with Crippen molar-refractivity contribution in [2.75, 3.05) is 0 Å². The third kappa shape index (κ3) is 2.28. The molecule has 1 saturated carbocycles. The van der Waals surface area contributed by atoms with E-state index in [9.17, 15) is 4.79 Å². The number of carboxylic acid groups (broad SMARTS) is 1. The Hall–Kier alpha value is -0.990. The van der Waals surface area contributed by atoms with E-state index in [1.165, 1.54) is 0 Å². The van der Waals surface area contributed by atoms with Crippen LogP contribution < -0.4 is 0 Å². The van der Waals surface area contributed by atoms with Crippen molar-refractivity contribution in [1.29, 1.82) is 0 Å². The van der Waals surface area contributed by atoms with Gasteiger partial charge in [0.15, 0.2) is 0 Å². The topological polar surface area (TPSA) is 37.3 Å². The van der Waals surface area contributed by atoms with Gasteiger partial charge in [-0.3, -0.25) is 4.79 Å². The Morgan fingerprint density at radius 3 is 2.68 bits per heavy atom. The molecule has 2 aliphatic rings. The molecule has 2 bridgehead atoms. The zero-order valence-corrected chi connectivity index (χ0v) is 11.7. The van der Waals surface area contributed by atoms with Gasteiger partial charge in [-0.05, 0) is 47.8 Å². The second kappa shape index (κ2) is 4.84. The van der Waals surface area contributed by atoms with Gasteiger partial charge in [0.25, 0.3) is 0 Å². The summed E-state index contributed by atoms with van der Waals surface area (Å²) < 4.78 is 0. The summed E-state index contributed by atoms with van der Waals surface area (Å²) in [4.78, 5) is 11.1. The van der Waals surface area contributed by atoms with Crippen LogP contribution in [0.25, 0.3) is 0 Å². The first-order valence-corrected chi connectivity index (χ1v) is 7.17. The normalized spacial score (nSPS) is 31.9. The molecule has 19 heavy (non-hydrogen) atoms. The summed E-state index contributed by atoms with van der Waals surface area (Å²) >= 11 is 12.2. The lowest BCUT2D eigenvalue weighted by Gasteiger charge is -2.28. The number of benzene rings is 1. The van der Waals surface area contributed by atoms with Crippen LogP contribution in [0.15, 0.2) is 30.4 Å². The molecule has 0 heterocycles. The second-order valence-electron chi connectivity index (χ2n) is 5.40. The first-order chi connectivity index (χ1) is 9.06. The van der Waals surface area contributed by atoms with Crippen molar-refractivity contribution in [1.82, 2.24) is 0 Å². The Morgan fingerprint density at radius 1 is 1.26 bits per heavy atom. The predicted octanol–water partition coefficient (Wildman–Crippen LogP) is 4.37. The van der Waals surface area contributed by atoms with Crippen LogP contribution in [-0.2, 0) is 4.79 Å². The maximum absolute atomic E-state index is 11.1. The highest BCUT2D eigenvalue weighted by Gasteiger charge is 2.46. The fraction of sp³-hybridized carbons (Fsp3) is 0.400. The number of hydrogen-bond acceptors (Lipinski definition) is 1. The first-order valence-electron chi connectivity index (χ1n) is 6.41. The van der Waals surface area contributed by atoms with Crippen LogP contribution >= 0.6 is 23.2 Å². The van der Waals surface area contributed by atoms with E-state index in [1.54, 1.807) is 6.07 Å². The van der Waals surface area contributed by atoms with Crippen molar-refractivity contribution in [2.45, 2.75) is 18.8 Å². The average molecular weight is 297 g/mol. The van der Waals surface area contributed by atoms with Crippen molar-refractivity contribution in [3.05, 3.63) is 46.0 Å². The minimum atomic E-state index is -0.735. The van der Waals surface area contributed by atoms with Crippen LogP contribution in [0.3, 0.4) is 0 Å². The van der Waals surface area contributed by atoms with Gasteiger partial charge < -0.3 is 5.11 Å². The highest BCUT2D eigenvalue weighted by Crippen LogP contribution is 2.55. The van der Waals surface area contributed by atoms with E-state index in [1.807, 2.05) is 12.1 Å². The van der Waals surface area contributed by atoms with E-state index in [4.69, 9.17) is 28.3 Å². The Morgan fingerprint density at radius 2 is 2.00 bits per heavy atom. The first kappa shape index (κ1) is 13.0. The molecule has 0 aliphatic heterocycles. The van der Waals surface area contributed by atoms with Crippen LogP contribution in [0.5, 0.6) is 0 Å². The van der Waals surface area contributed by atoms with Crippen molar-refractivity contribution < 1.29 is 9.90 Å². The molecule has 4 heteroatoms. The summed E-state index contributed by atoms with van der Waals surface area (Å²) in [6.07, 6.45) is 5.62. The van der Waals surface area contributed by atoms with E-state index >= 15 is 0 Å². The monoisotopic (exact) mass is 296 g/mol. The smallest absolute Gasteiger partial charge is 0.303 e. The molecule has 0 radical (unpaired) electrons. The van der Waals surface area contributed by atoms with E-state index in [2.05, 4.69) is 12.2 Å². The molecule has 100 valence electrons. The number of aliphatic carboxylic acids is 1. The molecule has 2 nitrogen and oxygen atoms in total. The molecule has 1 N–H and O–H groups in total.